The minimum Gasteiger partial charge on any atom is -0.504 e. The van der Waals surface area contributed by atoms with Crippen molar-refractivity contribution in [2.45, 2.75) is 26.4 Å². The largest absolute Gasteiger partial charge is 0.504 e. The number of aromatic hydroxyl groups is 1. The fourth-order valence-corrected chi connectivity index (χ4v) is 1.32. The van der Waals surface area contributed by atoms with Gasteiger partial charge in [-0.2, -0.15) is 5.26 Å². The van der Waals surface area contributed by atoms with Gasteiger partial charge in [-0.25, -0.2) is 0 Å². The van der Waals surface area contributed by atoms with Gasteiger partial charge in [-0.1, -0.05) is 0 Å². The SMILES string of the molecule is CC(C)Oc1cc(CC#N)cc(C=O)c1O. The molecule has 0 fully saturated rings. The molecular formula is C12H13NO3. The average Bonchev–Trinajstić information content (AvgIpc) is 2.22. The highest BCUT2D eigenvalue weighted by Gasteiger charge is 2.11. The standard InChI is InChI=1S/C12H13NO3/c1-8(2)16-11-6-9(3-4-13)5-10(7-14)12(11)15/h5-8,15H,3H2,1-2H3. The zero-order valence-electron chi connectivity index (χ0n) is 9.23. The molecular weight excluding hydrogens is 206 g/mol. The Morgan fingerprint density at radius 1 is 1.56 bits per heavy atom. The molecule has 1 N–H and O–H groups in total. The van der Waals surface area contributed by atoms with Crippen LogP contribution in [0.3, 0.4) is 0 Å². The van der Waals surface area contributed by atoms with Crippen molar-refractivity contribution >= 4 is 6.29 Å². The molecule has 1 rings (SSSR count). The van der Waals surface area contributed by atoms with E-state index in [9.17, 15) is 9.90 Å². The Morgan fingerprint density at radius 3 is 2.75 bits per heavy atom. The molecule has 0 aliphatic heterocycles. The minimum absolute atomic E-state index is 0.109. The topological polar surface area (TPSA) is 70.3 Å². The Hall–Kier alpha value is -2.02. The number of phenols is 1. The zero-order valence-corrected chi connectivity index (χ0v) is 9.23. The third-order valence-corrected chi connectivity index (χ3v) is 1.94. The van der Waals surface area contributed by atoms with Crippen LogP contribution in [0.2, 0.25) is 0 Å². The van der Waals surface area contributed by atoms with Crippen LogP contribution >= 0.6 is 0 Å². The van der Waals surface area contributed by atoms with Crippen LogP contribution in [-0.4, -0.2) is 17.5 Å². The number of hydrogen-bond donors (Lipinski definition) is 1. The van der Waals surface area contributed by atoms with E-state index in [1.54, 1.807) is 6.07 Å². The maximum atomic E-state index is 10.7. The van der Waals surface area contributed by atoms with Crippen molar-refractivity contribution in [3.8, 4) is 17.6 Å². The summed E-state index contributed by atoms with van der Waals surface area (Å²) < 4.78 is 5.36. The number of nitriles is 1. The van der Waals surface area contributed by atoms with Gasteiger partial charge in [0.15, 0.2) is 17.8 Å². The van der Waals surface area contributed by atoms with Crippen LogP contribution in [0, 0.1) is 11.3 Å². The summed E-state index contributed by atoms with van der Waals surface area (Å²) in [7, 11) is 0. The maximum absolute atomic E-state index is 10.7. The molecule has 0 atom stereocenters. The molecule has 0 aromatic heterocycles. The van der Waals surface area contributed by atoms with Crippen LogP contribution in [0.5, 0.6) is 11.5 Å². The number of benzene rings is 1. The second kappa shape index (κ2) is 5.17. The van der Waals surface area contributed by atoms with Gasteiger partial charge in [0.2, 0.25) is 0 Å². The van der Waals surface area contributed by atoms with E-state index in [-0.39, 0.29) is 29.6 Å². The highest BCUT2D eigenvalue weighted by Crippen LogP contribution is 2.31. The van der Waals surface area contributed by atoms with Gasteiger partial charge in [-0.15, -0.1) is 0 Å². The molecule has 84 valence electrons. The third-order valence-electron chi connectivity index (χ3n) is 1.94. The van der Waals surface area contributed by atoms with Crippen LogP contribution in [0.25, 0.3) is 0 Å². The van der Waals surface area contributed by atoms with Gasteiger partial charge in [0, 0.05) is 0 Å². The summed E-state index contributed by atoms with van der Waals surface area (Å²) in [6, 6.07) is 5.04. The fourth-order valence-electron chi connectivity index (χ4n) is 1.32. The lowest BCUT2D eigenvalue weighted by molar-refractivity contribution is 0.111. The molecule has 0 spiro atoms. The molecule has 4 nitrogen and oxygen atoms in total. The number of ether oxygens (including phenoxy) is 1. The van der Waals surface area contributed by atoms with Gasteiger partial charge in [0.1, 0.15) is 0 Å². The predicted molar refractivity (Wildman–Crippen MR) is 58.6 cm³/mol. The van der Waals surface area contributed by atoms with Crippen LogP contribution in [0.15, 0.2) is 12.1 Å². The number of carbonyl (C=O) groups excluding carboxylic acids is 1. The van der Waals surface area contributed by atoms with E-state index in [0.717, 1.165) is 0 Å². The van der Waals surface area contributed by atoms with E-state index in [0.29, 0.717) is 11.8 Å². The molecule has 1 aromatic rings. The molecule has 0 aliphatic rings. The summed E-state index contributed by atoms with van der Waals surface area (Å²) in [6.45, 7) is 3.63. The molecule has 4 heteroatoms. The average molecular weight is 219 g/mol. The van der Waals surface area contributed by atoms with Gasteiger partial charge in [0.05, 0.1) is 24.2 Å². The quantitative estimate of drug-likeness (QED) is 0.787. The molecule has 0 aliphatic carbocycles. The molecule has 0 saturated heterocycles. The van der Waals surface area contributed by atoms with Crippen molar-refractivity contribution in [2.24, 2.45) is 0 Å². The Bertz CT molecular complexity index is 433. The first-order chi connectivity index (χ1) is 7.58. The summed E-state index contributed by atoms with van der Waals surface area (Å²) >= 11 is 0. The highest BCUT2D eigenvalue weighted by molar-refractivity contribution is 5.81. The molecule has 0 amide bonds. The predicted octanol–water partition coefficient (Wildman–Crippen LogP) is 2.06. The first-order valence-corrected chi connectivity index (χ1v) is 4.93. The zero-order chi connectivity index (χ0) is 12.1. The van der Waals surface area contributed by atoms with Crippen LogP contribution in [0.4, 0.5) is 0 Å². The Balaban J connectivity index is 3.19. The summed E-state index contributed by atoms with van der Waals surface area (Å²) in [5.74, 6) is 0.0650. The Labute approximate surface area is 94.1 Å². The Morgan fingerprint density at radius 2 is 2.25 bits per heavy atom. The Kier molecular flexibility index (Phi) is 3.90. The molecule has 0 saturated carbocycles. The summed E-state index contributed by atoms with van der Waals surface area (Å²) in [5.41, 5.74) is 0.793. The normalized spacial score (nSPS) is 9.88. The highest BCUT2D eigenvalue weighted by atomic mass is 16.5. The minimum atomic E-state index is -0.176. The number of hydrogen-bond acceptors (Lipinski definition) is 4. The van der Waals surface area contributed by atoms with Crippen molar-refractivity contribution in [1.82, 2.24) is 0 Å². The van der Waals surface area contributed by atoms with Crippen molar-refractivity contribution < 1.29 is 14.6 Å². The van der Waals surface area contributed by atoms with Gasteiger partial charge < -0.3 is 9.84 Å². The van der Waals surface area contributed by atoms with Crippen LogP contribution in [0.1, 0.15) is 29.8 Å². The van der Waals surface area contributed by atoms with Gasteiger partial charge in [-0.05, 0) is 31.5 Å². The lowest BCUT2D eigenvalue weighted by atomic mass is 10.1. The summed E-state index contributed by atoms with van der Waals surface area (Å²) in [5, 5.41) is 18.3. The third kappa shape index (κ3) is 2.74. The number of carbonyl (C=O) groups is 1. The first-order valence-electron chi connectivity index (χ1n) is 4.93. The van der Waals surface area contributed by atoms with Crippen molar-refractivity contribution in [1.29, 1.82) is 5.26 Å². The van der Waals surface area contributed by atoms with E-state index in [1.165, 1.54) is 6.07 Å². The number of rotatable bonds is 4. The smallest absolute Gasteiger partial charge is 0.168 e. The number of aldehydes is 1. The van der Waals surface area contributed by atoms with E-state index in [1.807, 2.05) is 19.9 Å². The second-order valence-electron chi connectivity index (χ2n) is 3.65. The van der Waals surface area contributed by atoms with Crippen molar-refractivity contribution in [3.05, 3.63) is 23.3 Å². The lowest BCUT2D eigenvalue weighted by Gasteiger charge is -2.13. The van der Waals surface area contributed by atoms with Crippen LogP contribution < -0.4 is 4.74 Å². The van der Waals surface area contributed by atoms with Gasteiger partial charge in [0.25, 0.3) is 0 Å². The fraction of sp³-hybridized carbons (Fsp3) is 0.333. The molecule has 1 aromatic carbocycles. The van der Waals surface area contributed by atoms with E-state index < -0.39 is 0 Å². The van der Waals surface area contributed by atoms with E-state index in [4.69, 9.17) is 10.00 Å². The van der Waals surface area contributed by atoms with Crippen molar-refractivity contribution in [2.75, 3.05) is 0 Å². The summed E-state index contributed by atoms with van der Waals surface area (Å²) in [4.78, 5) is 10.7. The van der Waals surface area contributed by atoms with Gasteiger partial charge >= 0.3 is 0 Å². The first kappa shape index (κ1) is 12.1. The number of nitrogens with zero attached hydrogens (tertiary/aromatic N) is 1. The molecule has 0 unspecified atom stereocenters. The molecule has 16 heavy (non-hydrogen) atoms. The van der Waals surface area contributed by atoms with Crippen LogP contribution in [-0.2, 0) is 6.42 Å². The second-order valence-corrected chi connectivity index (χ2v) is 3.65. The van der Waals surface area contributed by atoms with Crippen molar-refractivity contribution in [3.63, 3.8) is 0 Å². The van der Waals surface area contributed by atoms with Gasteiger partial charge in [-0.3, -0.25) is 4.79 Å². The molecule has 0 bridgehead atoms. The molecule has 0 heterocycles. The van der Waals surface area contributed by atoms with E-state index >= 15 is 0 Å². The maximum Gasteiger partial charge on any atom is 0.168 e. The monoisotopic (exact) mass is 219 g/mol. The lowest BCUT2D eigenvalue weighted by Crippen LogP contribution is -2.06. The van der Waals surface area contributed by atoms with E-state index in [2.05, 4.69) is 0 Å². The molecule has 0 radical (unpaired) electrons. The number of phenolic OH excluding ortho intramolecular Hbond substituents is 1. The summed E-state index contributed by atoms with van der Waals surface area (Å²) in [6.07, 6.45) is 0.613.